The molecule has 0 aromatic heterocycles. The summed E-state index contributed by atoms with van der Waals surface area (Å²) in [6.07, 6.45) is 0. The lowest BCUT2D eigenvalue weighted by molar-refractivity contribution is -0.142. The molecule has 0 unspecified atom stereocenters. The van der Waals surface area contributed by atoms with Crippen molar-refractivity contribution in [2.24, 2.45) is 0 Å². The van der Waals surface area contributed by atoms with E-state index in [0.29, 0.717) is 5.56 Å². The van der Waals surface area contributed by atoms with Crippen LogP contribution in [0.4, 0.5) is 5.69 Å². The lowest BCUT2D eigenvalue weighted by Gasteiger charge is -2.42. The number of rotatable bonds is 3. The number of hydrogen-bond acceptors (Lipinski definition) is 4. The number of amides is 1. The Morgan fingerprint density at radius 1 is 1.19 bits per heavy atom. The van der Waals surface area contributed by atoms with E-state index < -0.39 is 32.1 Å². The van der Waals surface area contributed by atoms with Crippen LogP contribution in [-0.4, -0.2) is 30.1 Å². The standard InChI is InChI=1S/C14H17NO5S/c1-13(2,12(17)18)9-5-7-10(8-6-9)15-11(16)14(3,4)21(15,19)20/h5-8H,1-4H3,(H,17,18). The predicted octanol–water partition coefficient (Wildman–Crippen LogP) is 1.50. The van der Waals surface area contributed by atoms with E-state index in [0.717, 1.165) is 4.31 Å². The van der Waals surface area contributed by atoms with Crippen LogP contribution in [0, 0.1) is 0 Å². The summed E-state index contributed by atoms with van der Waals surface area (Å²) < 4.78 is 23.5. The van der Waals surface area contributed by atoms with Gasteiger partial charge in [-0.3, -0.25) is 9.59 Å². The summed E-state index contributed by atoms with van der Waals surface area (Å²) in [5.41, 5.74) is -0.331. The van der Waals surface area contributed by atoms with Crippen LogP contribution in [0.25, 0.3) is 0 Å². The molecule has 1 heterocycles. The van der Waals surface area contributed by atoms with Gasteiger partial charge in [0, 0.05) is 0 Å². The number of carboxylic acids is 1. The lowest BCUT2D eigenvalue weighted by atomic mass is 9.85. The first-order valence-corrected chi connectivity index (χ1v) is 7.81. The molecule has 2 rings (SSSR count). The van der Waals surface area contributed by atoms with Crippen LogP contribution in [0.3, 0.4) is 0 Å². The number of benzene rings is 1. The van der Waals surface area contributed by atoms with Crippen molar-refractivity contribution >= 4 is 27.6 Å². The number of aliphatic carboxylic acids is 1. The molecule has 1 N–H and O–H groups in total. The Kier molecular flexibility index (Phi) is 3.17. The minimum Gasteiger partial charge on any atom is -0.481 e. The van der Waals surface area contributed by atoms with Crippen LogP contribution in [-0.2, 0) is 25.0 Å². The Morgan fingerprint density at radius 2 is 1.67 bits per heavy atom. The highest BCUT2D eigenvalue weighted by molar-refractivity contribution is 7.98. The van der Waals surface area contributed by atoms with E-state index in [-0.39, 0.29) is 5.69 Å². The monoisotopic (exact) mass is 311 g/mol. The third-order valence-electron chi connectivity index (χ3n) is 3.94. The number of carbonyl (C=O) groups excluding carboxylic acids is 1. The van der Waals surface area contributed by atoms with E-state index in [4.69, 9.17) is 5.11 Å². The molecule has 1 fully saturated rings. The first-order chi connectivity index (χ1) is 9.44. The van der Waals surface area contributed by atoms with Crippen molar-refractivity contribution in [1.29, 1.82) is 0 Å². The maximum atomic E-state index is 12.1. The predicted molar refractivity (Wildman–Crippen MR) is 77.6 cm³/mol. The van der Waals surface area contributed by atoms with Crippen LogP contribution in [0.2, 0.25) is 0 Å². The van der Waals surface area contributed by atoms with Gasteiger partial charge in [0.1, 0.15) is 0 Å². The van der Waals surface area contributed by atoms with Gasteiger partial charge < -0.3 is 5.11 Å². The van der Waals surface area contributed by atoms with Crippen LogP contribution in [0.15, 0.2) is 24.3 Å². The molecule has 0 saturated carbocycles. The zero-order valence-corrected chi connectivity index (χ0v) is 13.1. The van der Waals surface area contributed by atoms with E-state index in [1.807, 2.05) is 0 Å². The van der Waals surface area contributed by atoms with Crippen LogP contribution in [0.5, 0.6) is 0 Å². The van der Waals surface area contributed by atoms with Gasteiger partial charge in [-0.15, -0.1) is 0 Å². The SMILES string of the molecule is CC(C)(C(=O)O)c1ccc(N2C(=O)C(C)(C)S2(=O)=O)cc1. The maximum absolute atomic E-state index is 12.1. The summed E-state index contributed by atoms with van der Waals surface area (Å²) in [6.45, 7) is 5.84. The molecule has 6 nitrogen and oxygen atoms in total. The quantitative estimate of drug-likeness (QED) is 0.913. The van der Waals surface area contributed by atoms with Gasteiger partial charge in [0.25, 0.3) is 15.9 Å². The van der Waals surface area contributed by atoms with E-state index in [1.165, 1.54) is 38.1 Å². The first kappa shape index (κ1) is 15.5. The number of carbonyl (C=O) groups is 2. The topological polar surface area (TPSA) is 91.8 Å². The minimum absolute atomic E-state index is 0.226. The van der Waals surface area contributed by atoms with Crippen molar-refractivity contribution < 1.29 is 23.1 Å². The number of sulfonamides is 1. The zero-order chi connectivity index (χ0) is 16.2. The molecule has 21 heavy (non-hydrogen) atoms. The van der Waals surface area contributed by atoms with Crippen molar-refractivity contribution in [2.75, 3.05) is 4.31 Å². The molecule has 0 atom stereocenters. The van der Waals surface area contributed by atoms with Gasteiger partial charge in [-0.1, -0.05) is 12.1 Å². The normalized spacial score (nSPS) is 20.0. The van der Waals surface area contributed by atoms with Crippen LogP contribution in [0.1, 0.15) is 33.3 Å². The fraction of sp³-hybridized carbons (Fsp3) is 0.429. The smallest absolute Gasteiger partial charge is 0.313 e. The Balaban J connectivity index is 2.39. The molecule has 7 heteroatoms. The van der Waals surface area contributed by atoms with Gasteiger partial charge in [0.05, 0.1) is 11.1 Å². The minimum atomic E-state index is -3.70. The molecular formula is C14H17NO5S. The van der Waals surface area contributed by atoms with Gasteiger partial charge in [0.2, 0.25) is 0 Å². The maximum Gasteiger partial charge on any atom is 0.313 e. The van der Waals surface area contributed by atoms with Crippen molar-refractivity contribution in [3.63, 3.8) is 0 Å². The fourth-order valence-electron chi connectivity index (χ4n) is 2.05. The third kappa shape index (κ3) is 1.95. The molecule has 1 aromatic carbocycles. The number of nitrogens with zero attached hydrogens (tertiary/aromatic N) is 1. The van der Waals surface area contributed by atoms with Gasteiger partial charge >= 0.3 is 5.97 Å². The Bertz CT molecular complexity index is 716. The molecule has 1 aliphatic heterocycles. The highest BCUT2D eigenvalue weighted by Crippen LogP contribution is 2.39. The molecule has 1 aliphatic rings. The Hall–Kier alpha value is -1.89. The molecule has 1 amide bonds. The molecule has 1 saturated heterocycles. The average Bonchev–Trinajstić information content (AvgIpc) is 2.38. The Labute approximate surface area is 123 Å². The highest BCUT2D eigenvalue weighted by atomic mass is 32.2. The molecule has 0 spiro atoms. The summed E-state index contributed by atoms with van der Waals surface area (Å²) in [5, 5.41) is 9.16. The summed E-state index contributed by atoms with van der Waals surface area (Å²) >= 11 is 0. The first-order valence-electron chi connectivity index (χ1n) is 6.37. The lowest BCUT2D eigenvalue weighted by Crippen LogP contribution is -2.67. The van der Waals surface area contributed by atoms with Gasteiger partial charge in [-0.25, -0.2) is 12.7 Å². The van der Waals surface area contributed by atoms with Crippen molar-refractivity contribution in [3.05, 3.63) is 29.8 Å². The van der Waals surface area contributed by atoms with Crippen molar-refractivity contribution in [3.8, 4) is 0 Å². The van der Waals surface area contributed by atoms with Gasteiger partial charge in [-0.2, -0.15) is 0 Å². The molecular weight excluding hydrogens is 294 g/mol. The number of anilines is 1. The second-order valence-corrected chi connectivity index (χ2v) is 8.40. The largest absolute Gasteiger partial charge is 0.481 e. The molecule has 114 valence electrons. The van der Waals surface area contributed by atoms with Gasteiger partial charge in [-0.05, 0) is 45.4 Å². The molecule has 1 aromatic rings. The molecule has 0 aliphatic carbocycles. The summed E-state index contributed by atoms with van der Waals surface area (Å²) in [4.78, 5) is 23.1. The van der Waals surface area contributed by atoms with Crippen LogP contribution >= 0.6 is 0 Å². The number of hydrogen-bond donors (Lipinski definition) is 1. The van der Waals surface area contributed by atoms with E-state index in [9.17, 15) is 18.0 Å². The second-order valence-electron chi connectivity index (χ2n) is 6.06. The van der Waals surface area contributed by atoms with E-state index >= 15 is 0 Å². The van der Waals surface area contributed by atoms with Gasteiger partial charge in [0.15, 0.2) is 4.75 Å². The average molecular weight is 311 g/mol. The molecule has 0 radical (unpaired) electrons. The highest BCUT2D eigenvalue weighted by Gasteiger charge is 2.60. The van der Waals surface area contributed by atoms with Crippen LogP contribution < -0.4 is 4.31 Å². The van der Waals surface area contributed by atoms with E-state index in [2.05, 4.69) is 0 Å². The summed E-state index contributed by atoms with van der Waals surface area (Å²) in [6, 6.07) is 5.95. The summed E-state index contributed by atoms with van der Waals surface area (Å²) in [5.74, 6) is -1.48. The Morgan fingerprint density at radius 3 is 2.05 bits per heavy atom. The summed E-state index contributed by atoms with van der Waals surface area (Å²) in [7, 11) is -3.70. The van der Waals surface area contributed by atoms with Crippen molar-refractivity contribution in [1.82, 2.24) is 0 Å². The molecule has 0 bridgehead atoms. The van der Waals surface area contributed by atoms with Crippen molar-refractivity contribution in [2.45, 2.75) is 37.9 Å². The zero-order valence-electron chi connectivity index (χ0n) is 12.2. The van der Waals surface area contributed by atoms with E-state index in [1.54, 1.807) is 13.8 Å². The fourth-order valence-corrected chi connectivity index (χ4v) is 3.53. The second kappa shape index (κ2) is 4.30. The number of carboxylic acid groups (broad SMARTS) is 1. The third-order valence-corrected chi connectivity index (χ3v) is 6.26.